The number of carboxylic acid groups (broad SMARTS) is 1. The Hall–Kier alpha value is -2.50. The molecule has 0 spiro atoms. The van der Waals surface area contributed by atoms with Gasteiger partial charge in [-0.3, -0.25) is 4.98 Å². The molecule has 6 nitrogen and oxygen atoms in total. The first kappa shape index (κ1) is 14.4. The van der Waals surface area contributed by atoms with Crippen molar-refractivity contribution in [2.45, 2.75) is 32.2 Å². The summed E-state index contributed by atoms with van der Waals surface area (Å²) in [6.45, 7) is 3.03. The summed E-state index contributed by atoms with van der Waals surface area (Å²) in [5.74, 6) is -0.0287. The van der Waals surface area contributed by atoms with Crippen LogP contribution in [0.5, 0.6) is 0 Å². The predicted octanol–water partition coefficient (Wildman–Crippen LogP) is 2.62. The second-order valence-corrected chi connectivity index (χ2v) is 5.49. The number of hydrogen-bond acceptors (Lipinski definition) is 5. The summed E-state index contributed by atoms with van der Waals surface area (Å²) in [7, 11) is 0. The maximum absolute atomic E-state index is 11.4. The number of nitrogens with zero attached hydrogens (tertiary/aromatic N) is 4. The van der Waals surface area contributed by atoms with Crippen molar-refractivity contribution in [3.05, 3.63) is 36.2 Å². The highest BCUT2D eigenvalue weighted by molar-refractivity contribution is 5.87. The summed E-state index contributed by atoms with van der Waals surface area (Å²) in [6.07, 6.45) is 5.03. The molecule has 1 aliphatic rings. The van der Waals surface area contributed by atoms with E-state index >= 15 is 0 Å². The Bertz CT molecular complexity index is 675. The van der Waals surface area contributed by atoms with Gasteiger partial charge in [0.1, 0.15) is 11.5 Å². The Labute approximate surface area is 128 Å². The fraction of sp³-hybridized carbons (Fsp3) is 0.375. The average Bonchev–Trinajstić information content (AvgIpc) is 2.55. The highest BCUT2D eigenvalue weighted by Crippen LogP contribution is 2.25. The molecule has 1 N–H and O–H groups in total. The Balaban J connectivity index is 2.06. The molecular weight excluding hydrogens is 280 g/mol. The lowest BCUT2D eigenvalue weighted by atomic mass is 10.0. The van der Waals surface area contributed by atoms with Gasteiger partial charge < -0.3 is 10.0 Å². The fourth-order valence-corrected chi connectivity index (χ4v) is 2.74. The number of carbonyl (C=O) groups is 1. The Morgan fingerprint density at radius 3 is 2.86 bits per heavy atom. The van der Waals surface area contributed by atoms with Crippen LogP contribution in [0.25, 0.3) is 11.5 Å². The van der Waals surface area contributed by atoms with Crippen molar-refractivity contribution in [2.75, 3.05) is 11.4 Å². The molecule has 1 fully saturated rings. The quantitative estimate of drug-likeness (QED) is 0.938. The molecule has 114 valence electrons. The number of piperidine rings is 1. The highest BCUT2D eigenvalue weighted by Gasteiger charge is 2.22. The zero-order valence-corrected chi connectivity index (χ0v) is 12.4. The second-order valence-electron chi connectivity index (χ2n) is 5.49. The van der Waals surface area contributed by atoms with E-state index in [4.69, 9.17) is 0 Å². The molecule has 22 heavy (non-hydrogen) atoms. The first-order valence-electron chi connectivity index (χ1n) is 7.45. The molecule has 0 saturated carbocycles. The molecule has 1 aliphatic heterocycles. The van der Waals surface area contributed by atoms with Crippen molar-refractivity contribution in [1.82, 2.24) is 15.0 Å². The van der Waals surface area contributed by atoms with E-state index in [-0.39, 0.29) is 5.69 Å². The lowest BCUT2D eigenvalue weighted by Gasteiger charge is -2.34. The van der Waals surface area contributed by atoms with Crippen LogP contribution in [-0.2, 0) is 0 Å². The minimum atomic E-state index is -1.05. The largest absolute Gasteiger partial charge is 0.477 e. The van der Waals surface area contributed by atoms with E-state index in [1.165, 1.54) is 6.42 Å². The second kappa shape index (κ2) is 6.09. The van der Waals surface area contributed by atoms with E-state index in [1.807, 2.05) is 6.07 Å². The van der Waals surface area contributed by atoms with E-state index < -0.39 is 5.97 Å². The molecule has 0 aliphatic carbocycles. The average molecular weight is 298 g/mol. The maximum Gasteiger partial charge on any atom is 0.354 e. The molecule has 0 aromatic carbocycles. The summed E-state index contributed by atoms with van der Waals surface area (Å²) < 4.78 is 0. The molecule has 6 heteroatoms. The van der Waals surface area contributed by atoms with Crippen molar-refractivity contribution < 1.29 is 9.90 Å². The molecule has 2 aromatic heterocycles. The lowest BCUT2D eigenvalue weighted by Crippen LogP contribution is -2.38. The van der Waals surface area contributed by atoms with Gasteiger partial charge in [-0.2, -0.15) is 0 Å². The van der Waals surface area contributed by atoms with Crippen LogP contribution in [0.1, 0.15) is 36.7 Å². The number of aromatic carboxylic acids is 1. The van der Waals surface area contributed by atoms with Crippen LogP contribution >= 0.6 is 0 Å². The molecule has 3 heterocycles. The Kier molecular flexibility index (Phi) is 4.00. The number of carboxylic acids is 1. The number of hydrogen-bond donors (Lipinski definition) is 1. The van der Waals surface area contributed by atoms with Crippen molar-refractivity contribution >= 4 is 11.8 Å². The van der Waals surface area contributed by atoms with Gasteiger partial charge in [-0.25, -0.2) is 14.8 Å². The van der Waals surface area contributed by atoms with E-state index in [0.29, 0.717) is 23.4 Å². The SMILES string of the molecule is CC1CCCCN1c1cc(C(=O)O)nc(-c2ccccn2)n1. The van der Waals surface area contributed by atoms with Gasteiger partial charge in [0.2, 0.25) is 0 Å². The molecule has 0 radical (unpaired) electrons. The minimum absolute atomic E-state index is 0.00317. The van der Waals surface area contributed by atoms with Crippen LogP contribution < -0.4 is 4.90 Å². The minimum Gasteiger partial charge on any atom is -0.477 e. The summed E-state index contributed by atoms with van der Waals surface area (Å²) in [5, 5.41) is 9.32. The van der Waals surface area contributed by atoms with Crippen LogP contribution in [-0.4, -0.2) is 38.6 Å². The molecule has 1 unspecified atom stereocenters. The highest BCUT2D eigenvalue weighted by atomic mass is 16.4. The number of pyridine rings is 1. The first-order chi connectivity index (χ1) is 10.6. The number of rotatable bonds is 3. The lowest BCUT2D eigenvalue weighted by molar-refractivity contribution is 0.0690. The van der Waals surface area contributed by atoms with Gasteiger partial charge in [-0.05, 0) is 38.3 Å². The zero-order valence-electron chi connectivity index (χ0n) is 12.4. The summed E-state index contributed by atoms with van der Waals surface area (Å²) in [5.41, 5.74) is 0.583. The molecule has 1 saturated heterocycles. The van der Waals surface area contributed by atoms with Crippen LogP contribution in [0.2, 0.25) is 0 Å². The van der Waals surface area contributed by atoms with Crippen molar-refractivity contribution in [3.63, 3.8) is 0 Å². The van der Waals surface area contributed by atoms with Gasteiger partial charge in [0, 0.05) is 24.8 Å². The van der Waals surface area contributed by atoms with Gasteiger partial charge in [-0.1, -0.05) is 6.07 Å². The standard InChI is InChI=1S/C16H18N4O2/c1-11-6-3-5-9-20(11)14-10-13(16(21)22)18-15(19-14)12-7-2-4-8-17-12/h2,4,7-8,10-11H,3,5-6,9H2,1H3,(H,21,22). The molecule has 0 bridgehead atoms. The van der Waals surface area contributed by atoms with Crippen LogP contribution in [0.15, 0.2) is 30.5 Å². The first-order valence-corrected chi connectivity index (χ1v) is 7.45. The van der Waals surface area contributed by atoms with Crippen LogP contribution in [0.4, 0.5) is 5.82 Å². The van der Waals surface area contributed by atoms with Crippen molar-refractivity contribution in [2.24, 2.45) is 0 Å². The monoisotopic (exact) mass is 298 g/mol. The molecular formula is C16H18N4O2. The van der Waals surface area contributed by atoms with Crippen molar-refractivity contribution in [3.8, 4) is 11.5 Å². The summed E-state index contributed by atoms with van der Waals surface area (Å²) >= 11 is 0. The van der Waals surface area contributed by atoms with E-state index in [0.717, 1.165) is 19.4 Å². The van der Waals surface area contributed by atoms with Gasteiger partial charge in [0.05, 0.1) is 0 Å². The number of anilines is 1. The molecule has 3 rings (SSSR count). The Morgan fingerprint density at radius 1 is 1.32 bits per heavy atom. The fourth-order valence-electron chi connectivity index (χ4n) is 2.74. The van der Waals surface area contributed by atoms with Crippen LogP contribution in [0, 0.1) is 0 Å². The van der Waals surface area contributed by atoms with Crippen LogP contribution in [0.3, 0.4) is 0 Å². The maximum atomic E-state index is 11.4. The van der Waals surface area contributed by atoms with E-state index in [9.17, 15) is 9.90 Å². The molecule has 2 aromatic rings. The van der Waals surface area contributed by atoms with Crippen molar-refractivity contribution in [1.29, 1.82) is 0 Å². The van der Waals surface area contributed by atoms with Gasteiger partial charge in [0.25, 0.3) is 0 Å². The topological polar surface area (TPSA) is 79.2 Å². The van der Waals surface area contributed by atoms with Gasteiger partial charge in [0.15, 0.2) is 11.5 Å². The van der Waals surface area contributed by atoms with E-state index in [2.05, 4.69) is 26.8 Å². The molecule has 1 atom stereocenters. The third kappa shape index (κ3) is 2.90. The Morgan fingerprint density at radius 2 is 2.18 bits per heavy atom. The number of aromatic nitrogens is 3. The zero-order chi connectivity index (χ0) is 15.5. The summed E-state index contributed by atoms with van der Waals surface area (Å²) in [6, 6.07) is 7.32. The third-order valence-electron chi connectivity index (χ3n) is 3.92. The predicted molar refractivity (Wildman–Crippen MR) is 82.9 cm³/mol. The van der Waals surface area contributed by atoms with Gasteiger partial charge in [-0.15, -0.1) is 0 Å². The summed E-state index contributed by atoms with van der Waals surface area (Å²) in [4.78, 5) is 26.4. The van der Waals surface area contributed by atoms with Gasteiger partial charge >= 0.3 is 5.97 Å². The molecule has 0 amide bonds. The van der Waals surface area contributed by atoms with E-state index in [1.54, 1.807) is 24.4 Å². The third-order valence-corrected chi connectivity index (χ3v) is 3.92. The smallest absolute Gasteiger partial charge is 0.354 e. The normalized spacial score (nSPS) is 18.2.